The van der Waals surface area contributed by atoms with Crippen LogP contribution in [0.5, 0.6) is 0 Å². The van der Waals surface area contributed by atoms with Gasteiger partial charge in [-0.15, -0.1) is 0 Å². The van der Waals surface area contributed by atoms with Gasteiger partial charge in [0.25, 0.3) is 0 Å². The maximum Gasteiger partial charge on any atom is 0.321 e. The lowest BCUT2D eigenvalue weighted by Crippen LogP contribution is -2.31. The number of amides is 2. The summed E-state index contributed by atoms with van der Waals surface area (Å²) in [6.07, 6.45) is 6.32. The molecule has 0 bridgehead atoms. The summed E-state index contributed by atoms with van der Waals surface area (Å²) in [7, 11) is -3.36. The molecule has 1 aromatic carbocycles. The Labute approximate surface area is 134 Å². The first-order chi connectivity index (χ1) is 10.9. The summed E-state index contributed by atoms with van der Waals surface area (Å²) >= 11 is 0. The fourth-order valence-corrected chi connectivity index (χ4v) is 3.47. The molecule has 1 fully saturated rings. The minimum atomic E-state index is -3.36. The number of sulfone groups is 1. The third-order valence-electron chi connectivity index (χ3n) is 3.74. The van der Waals surface area contributed by atoms with Crippen LogP contribution in [-0.2, 0) is 9.84 Å². The largest absolute Gasteiger partial charge is 0.325 e. The number of carbonyl (C=O) groups is 1. The summed E-state index contributed by atoms with van der Waals surface area (Å²) in [6.45, 7) is 1.52. The summed E-state index contributed by atoms with van der Waals surface area (Å²) in [6, 6.07) is 6.47. The van der Waals surface area contributed by atoms with Crippen LogP contribution in [-0.4, -0.2) is 48.5 Å². The minimum absolute atomic E-state index is 0.154. The van der Waals surface area contributed by atoms with Gasteiger partial charge < -0.3 is 10.2 Å². The molecule has 2 amide bonds. The molecule has 0 saturated carbocycles. The zero-order valence-electron chi connectivity index (χ0n) is 12.8. The molecule has 1 aromatic heterocycles. The van der Waals surface area contributed by atoms with E-state index in [1.165, 1.54) is 16.9 Å². The van der Waals surface area contributed by atoms with Gasteiger partial charge in [0.15, 0.2) is 9.84 Å². The third-order valence-corrected chi connectivity index (χ3v) is 4.88. The second-order valence-electron chi connectivity index (χ2n) is 5.54. The van der Waals surface area contributed by atoms with Crippen molar-refractivity contribution in [3.63, 3.8) is 0 Å². The van der Waals surface area contributed by atoms with Crippen molar-refractivity contribution in [2.45, 2.75) is 17.7 Å². The topological polar surface area (TPSA) is 84.3 Å². The number of aromatic nitrogens is 2. The van der Waals surface area contributed by atoms with Crippen LogP contribution < -0.4 is 5.32 Å². The maximum absolute atomic E-state index is 12.1. The van der Waals surface area contributed by atoms with Crippen molar-refractivity contribution in [1.29, 1.82) is 0 Å². The Kier molecular flexibility index (Phi) is 4.08. The number of anilines is 1. The molecule has 23 heavy (non-hydrogen) atoms. The van der Waals surface area contributed by atoms with E-state index in [1.807, 2.05) is 0 Å². The molecule has 1 saturated heterocycles. The zero-order valence-corrected chi connectivity index (χ0v) is 13.6. The highest BCUT2D eigenvalue weighted by atomic mass is 32.2. The van der Waals surface area contributed by atoms with E-state index in [1.54, 1.807) is 29.3 Å². The summed E-state index contributed by atoms with van der Waals surface area (Å²) in [5.41, 5.74) is 0.988. The Balaban J connectivity index is 1.84. The molecular weight excluding hydrogens is 316 g/mol. The number of urea groups is 1. The average Bonchev–Trinajstić information content (AvgIpc) is 3.18. The summed E-state index contributed by atoms with van der Waals surface area (Å²) in [4.78, 5) is 14.0. The van der Waals surface area contributed by atoms with Gasteiger partial charge in [-0.25, -0.2) is 17.9 Å². The number of hydrogen-bond acceptors (Lipinski definition) is 4. The van der Waals surface area contributed by atoms with Crippen molar-refractivity contribution < 1.29 is 13.2 Å². The highest BCUT2D eigenvalue weighted by Crippen LogP contribution is 2.21. The number of para-hydroxylation sites is 1. The van der Waals surface area contributed by atoms with E-state index in [4.69, 9.17) is 0 Å². The molecule has 0 atom stereocenters. The molecule has 2 aromatic rings. The fraction of sp³-hybridized carbons (Fsp3) is 0.333. The molecule has 3 rings (SSSR count). The van der Waals surface area contributed by atoms with E-state index in [-0.39, 0.29) is 10.9 Å². The van der Waals surface area contributed by atoms with Gasteiger partial charge >= 0.3 is 6.03 Å². The Morgan fingerprint density at radius 1 is 1.22 bits per heavy atom. The number of likely N-dealkylation sites (tertiary alicyclic amines) is 1. The predicted octanol–water partition coefficient (Wildman–Crippen LogP) is 1.90. The van der Waals surface area contributed by atoms with Crippen LogP contribution in [0.25, 0.3) is 5.69 Å². The van der Waals surface area contributed by atoms with Gasteiger partial charge in [-0.1, -0.05) is 12.1 Å². The molecule has 0 spiro atoms. The normalized spacial score (nSPS) is 14.9. The number of nitrogens with zero attached hydrogens (tertiary/aromatic N) is 3. The summed E-state index contributed by atoms with van der Waals surface area (Å²) in [5.74, 6) is 0. The van der Waals surface area contributed by atoms with Gasteiger partial charge in [-0.2, -0.15) is 5.10 Å². The maximum atomic E-state index is 12.1. The molecule has 8 heteroatoms. The predicted molar refractivity (Wildman–Crippen MR) is 86.5 cm³/mol. The standard InChI is InChI=1S/C15H18N4O3S/c1-23(21,22)14-7-3-2-6-13(14)19-11-12(10-16-19)17-15(20)18-8-4-5-9-18/h2-3,6-7,10-11H,4-5,8-9H2,1H3,(H,17,20). The van der Waals surface area contributed by atoms with E-state index in [0.717, 1.165) is 32.2 Å². The van der Waals surface area contributed by atoms with E-state index < -0.39 is 9.84 Å². The van der Waals surface area contributed by atoms with Crippen LogP contribution in [0.4, 0.5) is 10.5 Å². The second kappa shape index (κ2) is 6.04. The zero-order chi connectivity index (χ0) is 16.4. The third kappa shape index (κ3) is 3.37. The van der Waals surface area contributed by atoms with Gasteiger partial charge in [0, 0.05) is 19.3 Å². The van der Waals surface area contributed by atoms with Crippen molar-refractivity contribution in [3.05, 3.63) is 36.7 Å². The van der Waals surface area contributed by atoms with Gasteiger partial charge in [-0.3, -0.25) is 0 Å². The first kappa shape index (κ1) is 15.5. The van der Waals surface area contributed by atoms with Crippen LogP contribution in [0.15, 0.2) is 41.6 Å². The van der Waals surface area contributed by atoms with Gasteiger partial charge in [0.05, 0.1) is 28.7 Å². The highest BCUT2D eigenvalue weighted by molar-refractivity contribution is 7.90. The van der Waals surface area contributed by atoms with Crippen LogP contribution in [0.3, 0.4) is 0 Å². The molecule has 0 radical (unpaired) electrons. The Morgan fingerprint density at radius 2 is 1.91 bits per heavy atom. The van der Waals surface area contributed by atoms with Crippen molar-refractivity contribution in [3.8, 4) is 5.69 Å². The lowest BCUT2D eigenvalue weighted by atomic mass is 10.3. The van der Waals surface area contributed by atoms with Crippen LogP contribution in [0, 0.1) is 0 Å². The van der Waals surface area contributed by atoms with Gasteiger partial charge in [0.2, 0.25) is 0 Å². The lowest BCUT2D eigenvalue weighted by Gasteiger charge is -2.14. The monoisotopic (exact) mass is 334 g/mol. The Morgan fingerprint density at radius 3 is 2.61 bits per heavy atom. The van der Waals surface area contributed by atoms with Gasteiger partial charge in [0.1, 0.15) is 0 Å². The Bertz CT molecular complexity index is 823. The van der Waals surface area contributed by atoms with Crippen LogP contribution in [0.2, 0.25) is 0 Å². The fourth-order valence-electron chi connectivity index (χ4n) is 2.60. The van der Waals surface area contributed by atoms with Crippen LogP contribution in [0.1, 0.15) is 12.8 Å². The second-order valence-corrected chi connectivity index (χ2v) is 7.52. The number of benzene rings is 1. The molecular formula is C15H18N4O3S. The quantitative estimate of drug-likeness (QED) is 0.929. The highest BCUT2D eigenvalue weighted by Gasteiger charge is 2.19. The molecule has 0 unspecified atom stereocenters. The van der Waals surface area contributed by atoms with Crippen LogP contribution >= 0.6 is 0 Å². The molecule has 2 heterocycles. The molecule has 122 valence electrons. The number of hydrogen-bond donors (Lipinski definition) is 1. The van der Waals surface area contributed by atoms with Crippen molar-refractivity contribution in [2.24, 2.45) is 0 Å². The molecule has 7 nitrogen and oxygen atoms in total. The number of nitrogens with one attached hydrogen (secondary N) is 1. The van der Waals surface area contributed by atoms with E-state index >= 15 is 0 Å². The minimum Gasteiger partial charge on any atom is -0.325 e. The van der Waals surface area contributed by atoms with Crippen molar-refractivity contribution in [2.75, 3.05) is 24.7 Å². The van der Waals surface area contributed by atoms with E-state index in [0.29, 0.717) is 11.4 Å². The lowest BCUT2D eigenvalue weighted by molar-refractivity contribution is 0.222. The summed E-state index contributed by atoms with van der Waals surface area (Å²) < 4.78 is 25.2. The SMILES string of the molecule is CS(=O)(=O)c1ccccc1-n1cc(NC(=O)N2CCCC2)cn1. The molecule has 1 N–H and O–H groups in total. The van der Waals surface area contributed by atoms with E-state index in [2.05, 4.69) is 10.4 Å². The Hall–Kier alpha value is -2.35. The number of rotatable bonds is 3. The first-order valence-corrected chi connectivity index (χ1v) is 9.24. The molecule has 0 aliphatic carbocycles. The van der Waals surface area contributed by atoms with Crippen molar-refractivity contribution >= 4 is 21.6 Å². The van der Waals surface area contributed by atoms with Crippen molar-refractivity contribution in [1.82, 2.24) is 14.7 Å². The smallest absolute Gasteiger partial charge is 0.321 e. The van der Waals surface area contributed by atoms with Gasteiger partial charge in [-0.05, 0) is 25.0 Å². The number of carbonyl (C=O) groups excluding carboxylic acids is 1. The first-order valence-electron chi connectivity index (χ1n) is 7.35. The average molecular weight is 334 g/mol. The van der Waals surface area contributed by atoms with E-state index in [9.17, 15) is 13.2 Å². The summed E-state index contributed by atoms with van der Waals surface area (Å²) in [5, 5.41) is 6.95. The molecule has 1 aliphatic heterocycles. The molecule has 1 aliphatic rings.